The lowest BCUT2D eigenvalue weighted by Crippen LogP contribution is -2.54. The summed E-state index contributed by atoms with van der Waals surface area (Å²) in [5.41, 5.74) is 5.09. The zero-order valence-electron chi connectivity index (χ0n) is 16.7. The average molecular weight is 462 g/mol. The molecule has 0 radical (unpaired) electrons. The van der Waals surface area contributed by atoms with Crippen LogP contribution in [0, 0.1) is 5.82 Å². The van der Waals surface area contributed by atoms with Crippen LogP contribution in [0.2, 0.25) is 5.02 Å². The number of urea groups is 1. The molecule has 0 aliphatic carbocycles. The number of benzene rings is 2. The van der Waals surface area contributed by atoms with Gasteiger partial charge in [0.25, 0.3) is 17.7 Å². The highest BCUT2D eigenvalue weighted by molar-refractivity contribution is 6.39. The van der Waals surface area contributed by atoms with Crippen molar-refractivity contribution >= 4 is 47.1 Å². The van der Waals surface area contributed by atoms with E-state index in [1.807, 2.05) is 0 Å². The first kappa shape index (κ1) is 22.8. The molecule has 3 rings (SSSR count). The summed E-state index contributed by atoms with van der Waals surface area (Å²) in [4.78, 5) is 49.2. The van der Waals surface area contributed by atoms with Gasteiger partial charge in [-0.2, -0.15) is 0 Å². The summed E-state index contributed by atoms with van der Waals surface area (Å²) in [6.07, 6.45) is 1.22. The summed E-state index contributed by atoms with van der Waals surface area (Å²) < 4.78 is 24.0. The van der Waals surface area contributed by atoms with Crippen LogP contribution in [0.15, 0.2) is 42.0 Å². The number of barbiturate groups is 1. The van der Waals surface area contributed by atoms with E-state index in [4.69, 9.17) is 26.8 Å². The molecule has 2 aromatic carbocycles. The second kappa shape index (κ2) is 9.48. The molecule has 0 atom stereocenters. The molecule has 0 unspecified atom stereocenters. The van der Waals surface area contributed by atoms with Gasteiger partial charge >= 0.3 is 6.03 Å². The van der Waals surface area contributed by atoms with E-state index < -0.39 is 36.2 Å². The summed E-state index contributed by atoms with van der Waals surface area (Å²) in [5.74, 6) is -2.87. The number of anilines is 1. The Morgan fingerprint density at radius 2 is 1.88 bits per heavy atom. The minimum Gasteiger partial charge on any atom is -0.490 e. The Morgan fingerprint density at radius 1 is 1.19 bits per heavy atom. The highest BCUT2D eigenvalue weighted by Gasteiger charge is 2.36. The minimum atomic E-state index is -0.966. The number of amides is 5. The fraction of sp³-hybridized carbons (Fsp3) is 0.143. The lowest BCUT2D eigenvalue weighted by Gasteiger charge is -2.26. The quantitative estimate of drug-likeness (QED) is 0.481. The van der Waals surface area contributed by atoms with Crippen molar-refractivity contribution in [2.45, 2.75) is 6.92 Å². The molecular weight excluding hydrogens is 445 g/mol. The van der Waals surface area contributed by atoms with Crippen molar-refractivity contribution in [3.63, 3.8) is 0 Å². The molecule has 0 spiro atoms. The number of primary amides is 1. The third-order valence-corrected chi connectivity index (χ3v) is 4.47. The SMILES string of the molecule is CCOc1cc(/C=C2\C(=O)NC(=O)N(c3ccc(F)cc3)C2=O)cc(Cl)c1OCC(N)=O. The van der Waals surface area contributed by atoms with Crippen LogP contribution >= 0.6 is 11.6 Å². The lowest BCUT2D eigenvalue weighted by atomic mass is 10.1. The third-order valence-electron chi connectivity index (χ3n) is 4.19. The van der Waals surface area contributed by atoms with Gasteiger partial charge in [0.1, 0.15) is 11.4 Å². The standard InChI is InChI=1S/C21H17ClFN3O6/c1-2-31-16-9-11(8-15(22)18(16)32-10-17(24)27)7-14-19(28)25-21(30)26(20(14)29)13-5-3-12(23)4-6-13/h3-9H,2,10H2,1H3,(H2,24,27)(H,25,28,30)/b14-7+. The van der Waals surface area contributed by atoms with E-state index in [1.54, 1.807) is 6.92 Å². The van der Waals surface area contributed by atoms with Gasteiger partial charge in [-0.3, -0.25) is 19.7 Å². The Morgan fingerprint density at radius 3 is 2.50 bits per heavy atom. The van der Waals surface area contributed by atoms with E-state index in [2.05, 4.69) is 5.32 Å². The van der Waals surface area contributed by atoms with Crippen LogP contribution in [-0.4, -0.2) is 37.0 Å². The monoisotopic (exact) mass is 461 g/mol. The van der Waals surface area contributed by atoms with E-state index in [9.17, 15) is 23.6 Å². The summed E-state index contributed by atoms with van der Waals surface area (Å²) in [5, 5.41) is 2.11. The third kappa shape index (κ3) is 4.86. The molecule has 0 aromatic heterocycles. The largest absolute Gasteiger partial charge is 0.490 e. The minimum absolute atomic E-state index is 0.0409. The zero-order chi connectivity index (χ0) is 23.4. The highest BCUT2D eigenvalue weighted by Crippen LogP contribution is 2.37. The maximum absolute atomic E-state index is 13.2. The van der Waals surface area contributed by atoms with Crippen molar-refractivity contribution in [3.8, 4) is 11.5 Å². The molecule has 1 aliphatic rings. The number of hydrogen-bond acceptors (Lipinski definition) is 6. The molecule has 166 valence electrons. The maximum Gasteiger partial charge on any atom is 0.335 e. The first-order valence-corrected chi connectivity index (χ1v) is 9.63. The molecule has 0 saturated carbocycles. The molecule has 3 N–H and O–H groups in total. The molecule has 1 aliphatic heterocycles. The van der Waals surface area contributed by atoms with Crippen LogP contribution in [0.25, 0.3) is 6.08 Å². The summed E-state index contributed by atoms with van der Waals surface area (Å²) in [7, 11) is 0. The number of rotatable bonds is 7. The van der Waals surface area contributed by atoms with Gasteiger partial charge in [0.05, 0.1) is 17.3 Å². The van der Waals surface area contributed by atoms with E-state index in [1.165, 1.54) is 30.3 Å². The van der Waals surface area contributed by atoms with Gasteiger partial charge in [0.15, 0.2) is 18.1 Å². The second-order valence-electron chi connectivity index (χ2n) is 6.45. The van der Waals surface area contributed by atoms with Crippen molar-refractivity contribution < 1.29 is 33.0 Å². The summed E-state index contributed by atoms with van der Waals surface area (Å²) in [6.45, 7) is 1.51. The van der Waals surface area contributed by atoms with Gasteiger partial charge in [-0.25, -0.2) is 14.1 Å². The Bertz CT molecular complexity index is 1130. The van der Waals surface area contributed by atoms with Gasteiger partial charge in [-0.15, -0.1) is 0 Å². The Hall–Kier alpha value is -3.92. The first-order valence-electron chi connectivity index (χ1n) is 9.25. The first-order chi connectivity index (χ1) is 15.2. The number of halogens is 2. The fourth-order valence-corrected chi connectivity index (χ4v) is 3.14. The molecule has 1 saturated heterocycles. The van der Waals surface area contributed by atoms with Crippen molar-refractivity contribution in [2.75, 3.05) is 18.1 Å². The molecule has 1 fully saturated rings. The summed E-state index contributed by atoms with van der Waals surface area (Å²) >= 11 is 6.23. The van der Waals surface area contributed by atoms with Gasteiger partial charge in [0, 0.05) is 0 Å². The predicted octanol–water partition coefficient (Wildman–Crippen LogP) is 2.41. The zero-order valence-corrected chi connectivity index (χ0v) is 17.4. The Kier molecular flexibility index (Phi) is 6.74. The van der Waals surface area contributed by atoms with E-state index >= 15 is 0 Å². The van der Waals surface area contributed by atoms with Crippen LogP contribution in [-0.2, 0) is 14.4 Å². The fourth-order valence-electron chi connectivity index (χ4n) is 2.87. The van der Waals surface area contributed by atoms with Crippen molar-refractivity contribution in [1.82, 2.24) is 5.32 Å². The predicted molar refractivity (Wildman–Crippen MR) is 113 cm³/mol. The number of hydrogen-bond donors (Lipinski definition) is 2. The number of nitrogens with one attached hydrogen (secondary N) is 1. The molecule has 1 heterocycles. The molecular formula is C21H17ClFN3O6. The van der Waals surface area contributed by atoms with E-state index in [0.717, 1.165) is 12.1 Å². The van der Waals surface area contributed by atoms with Gasteiger partial charge in [-0.1, -0.05) is 11.6 Å². The number of nitrogens with zero attached hydrogens (tertiary/aromatic N) is 1. The van der Waals surface area contributed by atoms with Crippen molar-refractivity contribution in [2.24, 2.45) is 5.73 Å². The van der Waals surface area contributed by atoms with Crippen molar-refractivity contribution in [3.05, 3.63) is 58.4 Å². The van der Waals surface area contributed by atoms with Crippen LogP contribution in [0.5, 0.6) is 11.5 Å². The second-order valence-corrected chi connectivity index (χ2v) is 6.86. The summed E-state index contributed by atoms with van der Waals surface area (Å²) in [6, 6.07) is 6.48. The van der Waals surface area contributed by atoms with Gasteiger partial charge < -0.3 is 15.2 Å². The number of carbonyl (C=O) groups is 4. The van der Waals surface area contributed by atoms with Crippen LogP contribution in [0.3, 0.4) is 0 Å². The molecule has 2 aromatic rings. The highest BCUT2D eigenvalue weighted by atomic mass is 35.5. The van der Waals surface area contributed by atoms with Crippen molar-refractivity contribution in [1.29, 1.82) is 0 Å². The smallest absolute Gasteiger partial charge is 0.335 e. The molecule has 9 nitrogen and oxygen atoms in total. The van der Waals surface area contributed by atoms with E-state index in [0.29, 0.717) is 4.90 Å². The maximum atomic E-state index is 13.2. The van der Waals surface area contributed by atoms with Gasteiger partial charge in [-0.05, 0) is 55.0 Å². The number of nitrogens with two attached hydrogens (primary N) is 1. The van der Waals surface area contributed by atoms with Gasteiger partial charge in [0.2, 0.25) is 0 Å². The van der Waals surface area contributed by atoms with Crippen LogP contribution < -0.4 is 25.4 Å². The molecule has 32 heavy (non-hydrogen) atoms. The Balaban J connectivity index is 2.00. The number of ether oxygens (including phenoxy) is 2. The van der Waals surface area contributed by atoms with Crippen LogP contribution in [0.1, 0.15) is 12.5 Å². The lowest BCUT2D eigenvalue weighted by molar-refractivity contribution is -0.123. The average Bonchev–Trinajstić information content (AvgIpc) is 2.72. The normalized spacial score (nSPS) is 15.0. The molecule has 5 amide bonds. The number of imide groups is 2. The van der Waals surface area contributed by atoms with Crippen LogP contribution in [0.4, 0.5) is 14.9 Å². The Labute approximate surface area is 186 Å². The number of carbonyl (C=O) groups excluding carboxylic acids is 4. The molecule has 0 bridgehead atoms. The molecule has 11 heteroatoms. The topological polar surface area (TPSA) is 128 Å². The van der Waals surface area contributed by atoms with E-state index in [-0.39, 0.29) is 40.0 Å².